The number of Topliss-reactive ketones (excluding diaryl/α,β-unsaturated/α-hetero) is 1. The SMILES string of the molecule is Cc1cc(C)c(C2C(C#N)=C(N)N(c3ccc(F)cc3[N+](=O)[O-])C3=C2C(=O)CC(C)(C)C3)cc1CSc1ccc(Cl)cc1. The van der Waals surface area contributed by atoms with Gasteiger partial charge in [0.1, 0.15) is 17.3 Å². The van der Waals surface area contributed by atoms with Gasteiger partial charge in [0, 0.05) is 33.4 Å². The van der Waals surface area contributed by atoms with Crippen molar-refractivity contribution in [1.82, 2.24) is 0 Å². The second-order valence-electron chi connectivity index (χ2n) is 11.7. The number of anilines is 1. The summed E-state index contributed by atoms with van der Waals surface area (Å²) in [7, 11) is 0. The van der Waals surface area contributed by atoms with Gasteiger partial charge in [0.2, 0.25) is 0 Å². The smallest absolute Gasteiger partial charge is 0.296 e. The van der Waals surface area contributed by atoms with Gasteiger partial charge < -0.3 is 5.73 Å². The molecule has 0 bridgehead atoms. The number of rotatable bonds is 6. The first-order valence-corrected chi connectivity index (χ1v) is 15.1. The zero-order valence-corrected chi connectivity index (χ0v) is 25.8. The number of benzene rings is 3. The van der Waals surface area contributed by atoms with E-state index >= 15 is 0 Å². The number of nitrogens with zero attached hydrogens (tertiary/aromatic N) is 3. The molecule has 220 valence electrons. The zero-order chi connectivity index (χ0) is 31.2. The number of hydrogen-bond acceptors (Lipinski definition) is 7. The lowest BCUT2D eigenvalue weighted by Gasteiger charge is -2.43. The molecule has 2 N–H and O–H groups in total. The summed E-state index contributed by atoms with van der Waals surface area (Å²) in [6.07, 6.45) is 0.618. The lowest BCUT2D eigenvalue weighted by Crippen LogP contribution is -2.42. The fourth-order valence-electron chi connectivity index (χ4n) is 6.00. The molecule has 0 radical (unpaired) electrons. The van der Waals surface area contributed by atoms with Gasteiger partial charge in [0.15, 0.2) is 5.78 Å². The number of nitriles is 1. The summed E-state index contributed by atoms with van der Waals surface area (Å²) >= 11 is 7.70. The Morgan fingerprint density at radius 1 is 1.14 bits per heavy atom. The van der Waals surface area contributed by atoms with Gasteiger partial charge in [-0.1, -0.05) is 37.6 Å². The van der Waals surface area contributed by atoms with Gasteiger partial charge in [-0.3, -0.25) is 19.8 Å². The molecule has 1 aliphatic carbocycles. The Bertz CT molecular complexity index is 1780. The van der Waals surface area contributed by atoms with Gasteiger partial charge in [-0.25, -0.2) is 4.39 Å². The number of nitrogens with two attached hydrogens (primary N) is 1. The third-order valence-corrected chi connectivity index (χ3v) is 9.31. The van der Waals surface area contributed by atoms with E-state index in [1.807, 2.05) is 64.1 Å². The van der Waals surface area contributed by atoms with Crippen LogP contribution in [0.2, 0.25) is 5.02 Å². The summed E-state index contributed by atoms with van der Waals surface area (Å²) in [5.74, 6) is -1.04. The molecule has 7 nitrogen and oxygen atoms in total. The highest BCUT2D eigenvalue weighted by molar-refractivity contribution is 7.98. The highest BCUT2D eigenvalue weighted by atomic mass is 35.5. The Labute approximate surface area is 259 Å². The molecule has 1 heterocycles. The molecule has 0 spiro atoms. The van der Waals surface area contributed by atoms with Crippen LogP contribution in [-0.4, -0.2) is 10.7 Å². The quantitative estimate of drug-likeness (QED) is 0.168. The zero-order valence-electron chi connectivity index (χ0n) is 24.2. The Kier molecular flexibility index (Phi) is 8.12. The van der Waals surface area contributed by atoms with Gasteiger partial charge >= 0.3 is 0 Å². The average Bonchev–Trinajstić information content (AvgIpc) is 2.93. The molecule has 0 saturated carbocycles. The summed E-state index contributed by atoms with van der Waals surface area (Å²) in [5, 5.41) is 23.2. The predicted molar refractivity (Wildman–Crippen MR) is 167 cm³/mol. The average molecular weight is 617 g/mol. The van der Waals surface area contributed by atoms with E-state index in [4.69, 9.17) is 17.3 Å². The normalized spacial score (nSPS) is 18.0. The van der Waals surface area contributed by atoms with E-state index in [1.165, 1.54) is 11.0 Å². The highest BCUT2D eigenvalue weighted by Crippen LogP contribution is 2.52. The number of nitro groups is 1. The molecular weight excluding hydrogens is 587 g/mol. The monoisotopic (exact) mass is 616 g/mol. The third-order valence-electron chi connectivity index (χ3n) is 8.00. The number of aryl methyl sites for hydroxylation is 2. The van der Waals surface area contributed by atoms with Crippen molar-refractivity contribution in [3.8, 4) is 6.07 Å². The van der Waals surface area contributed by atoms with Crippen molar-refractivity contribution in [1.29, 1.82) is 5.26 Å². The van der Waals surface area contributed by atoms with E-state index < -0.39 is 27.8 Å². The van der Waals surface area contributed by atoms with Crippen molar-refractivity contribution in [2.75, 3.05) is 4.90 Å². The van der Waals surface area contributed by atoms with Crippen LogP contribution in [0.3, 0.4) is 0 Å². The number of carbonyl (C=O) groups is 1. The van der Waals surface area contributed by atoms with E-state index in [-0.39, 0.29) is 29.3 Å². The summed E-state index contributed by atoms with van der Waals surface area (Å²) in [5.41, 5.74) is 10.5. The maximum Gasteiger partial charge on any atom is 0.296 e. The molecule has 1 aliphatic heterocycles. The van der Waals surface area contributed by atoms with Crippen LogP contribution in [0.25, 0.3) is 0 Å². The molecule has 2 aliphatic rings. The molecule has 3 aromatic rings. The van der Waals surface area contributed by atoms with Crippen LogP contribution in [0, 0.1) is 46.5 Å². The standard InChI is InChI=1S/C33H30ClFN4O3S/c1-18-11-19(2)24(12-20(18)17-43-23-8-5-21(34)6-9-23)30-25(16-36)32(37)38(26-10-7-22(35)13-27(26)39(41)42)28-14-33(3,4)15-29(40)31(28)30/h5-13,30H,14-15,17,37H2,1-4H3. The summed E-state index contributed by atoms with van der Waals surface area (Å²) in [6, 6.07) is 17.1. The topological polar surface area (TPSA) is 113 Å². The Morgan fingerprint density at radius 3 is 2.49 bits per heavy atom. The van der Waals surface area contributed by atoms with Crippen molar-refractivity contribution in [3.63, 3.8) is 0 Å². The van der Waals surface area contributed by atoms with Crippen molar-refractivity contribution in [2.24, 2.45) is 11.1 Å². The maximum atomic E-state index is 14.1. The number of allylic oxidation sites excluding steroid dienone is 3. The number of nitro benzene ring substituents is 1. The van der Waals surface area contributed by atoms with Crippen molar-refractivity contribution in [3.05, 3.63) is 120 Å². The van der Waals surface area contributed by atoms with Gasteiger partial charge in [-0.15, -0.1) is 11.8 Å². The van der Waals surface area contributed by atoms with E-state index in [0.29, 0.717) is 28.5 Å². The van der Waals surface area contributed by atoms with Crippen molar-refractivity contribution < 1.29 is 14.1 Å². The number of ketones is 1. The third kappa shape index (κ3) is 5.77. The lowest BCUT2D eigenvalue weighted by atomic mass is 9.68. The number of carbonyl (C=O) groups excluding carboxylic acids is 1. The van der Waals surface area contributed by atoms with E-state index in [2.05, 4.69) is 6.07 Å². The Morgan fingerprint density at radius 2 is 1.84 bits per heavy atom. The molecular formula is C33H30ClFN4O3S. The van der Waals surface area contributed by atoms with Crippen LogP contribution in [0.4, 0.5) is 15.8 Å². The maximum absolute atomic E-state index is 14.1. The largest absolute Gasteiger partial charge is 0.384 e. The highest BCUT2D eigenvalue weighted by Gasteiger charge is 2.46. The Balaban J connectivity index is 1.70. The second-order valence-corrected chi connectivity index (χ2v) is 13.2. The van der Waals surface area contributed by atoms with Crippen LogP contribution in [0.5, 0.6) is 0 Å². The Hall–Kier alpha value is -4.13. The van der Waals surface area contributed by atoms with Gasteiger partial charge in [0.25, 0.3) is 5.69 Å². The molecule has 0 amide bonds. The molecule has 1 unspecified atom stereocenters. The molecule has 0 aromatic heterocycles. The molecule has 10 heteroatoms. The van der Waals surface area contributed by atoms with E-state index in [9.17, 15) is 24.6 Å². The van der Waals surface area contributed by atoms with Gasteiger partial charge in [0.05, 0.1) is 28.5 Å². The van der Waals surface area contributed by atoms with Gasteiger partial charge in [-0.2, -0.15) is 5.26 Å². The number of thioether (sulfide) groups is 1. The number of hydrogen-bond donors (Lipinski definition) is 1. The fourth-order valence-corrected chi connectivity index (χ4v) is 7.09. The lowest BCUT2D eigenvalue weighted by molar-refractivity contribution is -0.384. The van der Waals surface area contributed by atoms with Crippen LogP contribution in [0.15, 0.2) is 82.2 Å². The first-order valence-electron chi connectivity index (χ1n) is 13.7. The van der Waals surface area contributed by atoms with Crippen LogP contribution in [-0.2, 0) is 10.5 Å². The van der Waals surface area contributed by atoms with Crippen LogP contribution in [0.1, 0.15) is 54.9 Å². The minimum absolute atomic E-state index is 0.00813. The molecule has 5 rings (SSSR count). The predicted octanol–water partition coefficient (Wildman–Crippen LogP) is 8.24. The minimum Gasteiger partial charge on any atom is -0.384 e. The first kappa shape index (κ1) is 30.3. The fraction of sp³-hybridized carbons (Fsp3) is 0.273. The van der Waals surface area contributed by atoms with Crippen molar-refractivity contribution in [2.45, 2.75) is 57.1 Å². The van der Waals surface area contributed by atoms with Crippen LogP contribution >= 0.6 is 23.4 Å². The van der Waals surface area contributed by atoms with E-state index in [1.54, 1.807) is 11.8 Å². The number of halogens is 2. The molecule has 3 aromatic carbocycles. The minimum atomic E-state index is -0.776. The summed E-state index contributed by atoms with van der Waals surface area (Å²) < 4.78 is 14.1. The van der Waals surface area contributed by atoms with Crippen molar-refractivity contribution >= 4 is 40.5 Å². The molecule has 0 fully saturated rings. The molecule has 1 atom stereocenters. The molecule has 43 heavy (non-hydrogen) atoms. The summed E-state index contributed by atoms with van der Waals surface area (Å²) in [4.78, 5) is 27.8. The second kappa shape index (κ2) is 11.5. The first-order chi connectivity index (χ1) is 20.3. The van der Waals surface area contributed by atoms with Crippen LogP contribution < -0.4 is 10.6 Å². The van der Waals surface area contributed by atoms with Gasteiger partial charge in [-0.05, 0) is 84.3 Å². The summed E-state index contributed by atoms with van der Waals surface area (Å²) in [6.45, 7) is 7.87. The molecule has 0 saturated heterocycles. The van der Waals surface area contributed by atoms with E-state index in [0.717, 1.165) is 39.3 Å².